The van der Waals surface area contributed by atoms with Crippen LogP contribution in [0.1, 0.15) is 54.6 Å². The summed E-state index contributed by atoms with van der Waals surface area (Å²) in [5, 5.41) is 3.01. The fourth-order valence-electron chi connectivity index (χ4n) is 2.25. The van der Waals surface area contributed by atoms with Gasteiger partial charge in [-0.05, 0) is 25.9 Å². The molecule has 2 heterocycles. The predicted molar refractivity (Wildman–Crippen MR) is 66.0 cm³/mol. The second-order valence-electron chi connectivity index (χ2n) is 4.27. The summed E-state index contributed by atoms with van der Waals surface area (Å²) in [6.07, 6.45) is 3.74. The summed E-state index contributed by atoms with van der Waals surface area (Å²) >= 11 is 1.63. The fourth-order valence-corrected chi connectivity index (χ4v) is 3.28. The molecule has 16 heavy (non-hydrogen) atoms. The second kappa shape index (κ2) is 5.06. The largest absolute Gasteiger partial charge is 0.294 e. The molecule has 1 fully saturated rings. The molecule has 1 aromatic heterocycles. The predicted octanol–water partition coefficient (Wildman–Crippen LogP) is 2.89. The highest BCUT2D eigenvalue weighted by Gasteiger charge is 2.25. The Labute approximate surface area is 100 Å². The summed E-state index contributed by atoms with van der Waals surface area (Å²) in [5.74, 6) is 0.0707. The molecule has 1 aromatic rings. The first kappa shape index (κ1) is 11.7. The van der Waals surface area contributed by atoms with Crippen LogP contribution in [0.25, 0.3) is 0 Å². The molecule has 0 aliphatic carbocycles. The van der Waals surface area contributed by atoms with Crippen LogP contribution in [-0.4, -0.2) is 28.8 Å². The van der Waals surface area contributed by atoms with Gasteiger partial charge in [0.15, 0.2) is 5.78 Å². The van der Waals surface area contributed by atoms with E-state index >= 15 is 0 Å². The van der Waals surface area contributed by atoms with Crippen LogP contribution >= 0.6 is 11.3 Å². The van der Waals surface area contributed by atoms with Crippen LogP contribution in [0.5, 0.6) is 0 Å². The van der Waals surface area contributed by atoms with Crippen LogP contribution in [0.15, 0.2) is 5.38 Å². The SMILES string of the molecule is CCN1CCCCC1c1nc(C(C)=O)cs1. The van der Waals surface area contributed by atoms with E-state index in [1.807, 2.05) is 5.38 Å². The summed E-state index contributed by atoms with van der Waals surface area (Å²) in [6.45, 7) is 6.00. The van der Waals surface area contributed by atoms with E-state index in [-0.39, 0.29) is 5.78 Å². The van der Waals surface area contributed by atoms with Crippen molar-refractivity contribution < 1.29 is 4.79 Å². The number of ketones is 1. The molecule has 1 aliphatic rings. The molecule has 0 saturated carbocycles. The van der Waals surface area contributed by atoms with Crippen molar-refractivity contribution in [3.05, 3.63) is 16.1 Å². The molecule has 2 rings (SSSR count). The summed E-state index contributed by atoms with van der Waals surface area (Å²) < 4.78 is 0. The van der Waals surface area contributed by atoms with E-state index in [4.69, 9.17) is 0 Å². The maximum Gasteiger partial charge on any atom is 0.178 e. The summed E-state index contributed by atoms with van der Waals surface area (Å²) in [4.78, 5) is 18.1. The third-order valence-electron chi connectivity index (χ3n) is 3.19. The zero-order valence-electron chi connectivity index (χ0n) is 9.90. The van der Waals surface area contributed by atoms with Gasteiger partial charge in [-0.1, -0.05) is 13.3 Å². The van der Waals surface area contributed by atoms with Gasteiger partial charge in [0.1, 0.15) is 10.7 Å². The van der Waals surface area contributed by atoms with E-state index in [2.05, 4.69) is 16.8 Å². The quantitative estimate of drug-likeness (QED) is 0.759. The Morgan fingerprint density at radius 3 is 3.06 bits per heavy atom. The third kappa shape index (κ3) is 2.33. The average molecular weight is 238 g/mol. The van der Waals surface area contributed by atoms with Gasteiger partial charge in [0.25, 0.3) is 0 Å². The smallest absolute Gasteiger partial charge is 0.178 e. The van der Waals surface area contributed by atoms with Crippen molar-refractivity contribution in [1.82, 2.24) is 9.88 Å². The van der Waals surface area contributed by atoms with E-state index < -0.39 is 0 Å². The molecule has 88 valence electrons. The molecule has 1 saturated heterocycles. The molecule has 0 spiro atoms. The minimum Gasteiger partial charge on any atom is -0.294 e. The van der Waals surface area contributed by atoms with Crippen LogP contribution in [-0.2, 0) is 0 Å². The molecule has 0 amide bonds. The number of Topliss-reactive ketones (excluding diaryl/α,β-unsaturated/α-hetero) is 1. The summed E-state index contributed by atoms with van der Waals surface area (Å²) in [5.41, 5.74) is 0.627. The van der Waals surface area contributed by atoms with Crippen molar-refractivity contribution in [2.45, 2.75) is 39.2 Å². The van der Waals surface area contributed by atoms with Crippen molar-refractivity contribution >= 4 is 17.1 Å². The van der Waals surface area contributed by atoms with Gasteiger partial charge in [-0.15, -0.1) is 11.3 Å². The van der Waals surface area contributed by atoms with Crippen molar-refractivity contribution in [3.8, 4) is 0 Å². The number of piperidine rings is 1. The molecule has 3 nitrogen and oxygen atoms in total. The van der Waals surface area contributed by atoms with E-state index in [0.717, 1.165) is 18.1 Å². The molecule has 0 radical (unpaired) electrons. The topological polar surface area (TPSA) is 33.2 Å². The van der Waals surface area contributed by atoms with Crippen molar-refractivity contribution in [2.24, 2.45) is 0 Å². The summed E-state index contributed by atoms with van der Waals surface area (Å²) in [7, 11) is 0. The van der Waals surface area contributed by atoms with Crippen LogP contribution in [0, 0.1) is 0 Å². The Bertz CT molecular complexity index is 375. The molecule has 0 N–H and O–H groups in total. The Hall–Kier alpha value is -0.740. The average Bonchev–Trinajstić information content (AvgIpc) is 2.78. The number of hydrogen-bond donors (Lipinski definition) is 0. The number of carbonyl (C=O) groups is 1. The first-order valence-electron chi connectivity index (χ1n) is 5.92. The first-order chi connectivity index (χ1) is 7.72. The highest BCUT2D eigenvalue weighted by atomic mass is 32.1. The van der Waals surface area contributed by atoms with Gasteiger partial charge in [0, 0.05) is 12.3 Å². The Morgan fingerprint density at radius 2 is 2.44 bits per heavy atom. The molecule has 1 aliphatic heterocycles. The van der Waals surface area contributed by atoms with Crippen molar-refractivity contribution in [2.75, 3.05) is 13.1 Å². The Kier molecular flexibility index (Phi) is 3.71. The summed E-state index contributed by atoms with van der Waals surface area (Å²) in [6, 6.07) is 0.442. The monoisotopic (exact) mass is 238 g/mol. The van der Waals surface area contributed by atoms with Gasteiger partial charge in [0.05, 0.1) is 6.04 Å². The Morgan fingerprint density at radius 1 is 1.62 bits per heavy atom. The molecule has 0 bridgehead atoms. The number of likely N-dealkylation sites (tertiary alicyclic amines) is 1. The van der Waals surface area contributed by atoms with Gasteiger partial charge in [-0.2, -0.15) is 0 Å². The fraction of sp³-hybridized carbons (Fsp3) is 0.667. The lowest BCUT2D eigenvalue weighted by Crippen LogP contribution is -2.33. The third-order valence-corrected chi connectivity index (χ3v) is 4.13. The number of hydrogen-bond acceptors (Lipinski definition) is 4. The zero-order valence-corrected chi connectivity index (χ0v) is 10.7. The molecular weight excluding hydrogens is 220 g/mol. The van der Waals surface area contributed by atoms with Crippen LogP contribution in [0.4, 0.5) is 0 Å². The molecular formula is C12H18N2OS. The maximum absolute atomic E-state index is 11.2. The second-order valence-corrected chi connectivity index (χ2v) is 5.16. The van der Waals surface area contributed by atoms with Gasteiger partial charge >= 0.3 is 0 Å². The maximum atomic E-state index is 11.2. The van der Waals surface area contributed by atoms with Gasteiger partial charge < -0.3 is 0 Å². The van der Waals surface area contributed by atoms with E-state index in [1.165, 1.54) is 19.3 Å². The molecule has 0 aromatic carbocycles. The van der Waals surface area contributed by atoms with Crippen LogP contribution in [0.3, 0.4) is 0 Å². The lowest BCUT2D eigenvalue weighted by atomic mass is 10.0. The van der Waals surface area contributed by atoms with Crippen LogP contribution in [0.2, 0.25) is 0 Å². The first-order valence-corrected chi connectivity index (χ1v) is 6.80. The standard InChI is InChI=1S/C12H18N2OS/c1-3-14-7-5-4-6-11(14)12-13-10(8-16-12)9(2)15/h8,11H,3-7H2,1-2H3. The van der Waals surface area contributed by atoms with E-state index in [9.17, 15) is 4.79 Å². The lowest BCUT2D eigenvalue weighted by molar-refractivity contribution is 0.101. The van der Waals surface area contributed by atoms with Crippen LogP contribution < -0.4 is 0 Å². The molecule has 4 heteroatoms. The normalized spacial score (nSPS) is 22.2. The number of nitrogens with zero attached hydrogens (tertiary/aromatic N) is 2. The molecule has 1 unspecified atom stereocenters. The number of carbonyl (C=O) groups excluding carboxylic acids is 1. The van der Waals surface area contributed by atoms with E-state index in [1.54, 1.807) is 18.3 Å². The van der Waals surface area contributed by atoms with Gasteiger partial charge in [-0.25, -0.2) is 4.98 Å². The van der Waals surface area contributed by atoms with Gasteiger partial charge in [0.2, 0.25) is 0 Å². The lowest BCUT2D eigenvalue weighted by Gasteiger charge is -2.33. The van der Waals surface area contributed by atoms with Gasteiger partial charge in [-0.3, -0.25) is 9.69 Å². The van der Waals surface area contributed by atoms with E-state index in [0.29, 0.717) is 11.7 Å². The van der Waals surface area contributed by atoms with Crippen molar-refractivity contribution in [3.63, 3.8) is 0 Å². The van der Waals surface area contributed by atoms with Crippen molar-refractivity contribution in [1.29, 1.82) is 0 Å². The Balaban J connectivity index is 2.17. The highest BCUT2D eigenvalue weighted by Crippen LogP contribution is 2.32. The zero-order chi connectivity index (χ0) is 11.5. The number of thiazole rings is 1. The minimum atomic E-state index is 0.0707. The highest BCUT2D eigenvalue weighted by molar-refractivity contribution is 7.09. The minimum absolute atomic E-state index is 0.0707. The number of aromatic nitrogens is 1. The molecule has 1 atom stereocenters. The number of rotatable bonds is 3.